The maximum absolute atomic E-state index is 10.3. The van der Waals surface area contributed by atoms with Crippen LogP contribution >= 0.6 is 0 Å². The Kier molecular flexibility index (Phi) is 2.40. The van der Waals surface area contributed by atoms with Gasteiger partial charge in [0.05, 0.1) is 6.10 Å². The molecule has 6 heteroatoms. The molecule has 0 bridgehead atoms. The van der Waals surface area contributed by atoms with Gasteiger partial charge in [-0.3, -0.25) is 10.2 Å². The maximum atomic E-state index is 10.3. The predicted molar refractivity (Wildman–Crippen MR) is 34.6 cm³/mol. The third-order valence-electron chi connectivity index (χ3n) is 1.57. The molecule has 64 valence electrons. The van der Waals surface area contributed by atoms with Gasteiger partial charge in [-0.25, -0.2) is 5.43 Å². The van der Waals surface area contributed by atoms with Gasteiger partial charge in [-0.1, -0.05) is 0 Å². The second kappa shape index (κ2) is 3.14. The molecule has 0 aromatic heterocycles. The van der Waals surface area contributed by atoms with Gasteiger partial charge in [0.25, 0.3) is 0 Å². The van der Waals surface area contributed by atoms with E-state index >= 15 is 0 Å². The van der Waals surface area contributed by atoms with Crippen molar-refractivity contribution in [2.24, 2.45) is 0 Å². The molecule has 5 N–H and O–H groups in total. The van der Waals surface area contributed by atoms with Crippen molar-refractivity contribution in [3.63, 3.8) is 0 Å². The second-order valence-electron chi connectivity index (χ2n) is 2.40. The van der Waals surface area contributed by atoms with Gasteiger partial charge in [-0.05, 0) is 0 Å². The van der Waals surface area contributed by atoms with Gasteiger partial charge >= 0.3 is 5.97 Å². The minimum Gasteiger partial charge on any atom is -0.480 e. The zero-order valence-corrected chi connectivity index (χ0v) is 5.69. The first kappa shape index (κ1) is 8.41. The van der Waals surface area contributed by atoms with Crippen LogP contribution in [0.2, 0.25) is 0 Å². The number of hydrogen-bond donors (Lipinski definition) is 5. The van der Waals surface area contributed by atoms with Gasteiger partial charge < -0.3 is 15.3 Å². The van der Waals surface area contributed by atoms with E-state index in [1.165, 1.54) is 0 Å². The van der Waals surface area contributed by atoms with Gasteiger partial charge in [-0.2, -0.15) is 0 Å². The third kappa shape index (κ3) is 1.66. The molecule has 1 saturated heterocycles. The largest absolute Gasteiger partial charge is 0.480 e. The number of rotatable bonds is 1. The Hall–Kier alpha value is -0.690. The van der Waals surface area contributed by atoms with E-state index in [-0.39, 0.29) is 6.54 Å². The lowest BCUT2D eigenvalue weighted by molar-refractivity contribution is -0.148. The molecule has 3 atom stereocenters. The van der Waals surface area contributed by atoms with E-state index in [4.69, 9.17) is 15.3 Å². The lowest BCUT2D eigenvalue weighted by atomic mass is 10.0. The summed E-state index contributed by atoms with van der Waals surface area (Å²) in [6, 6.07) is -1.14. The molecule has 3 unspecified atom stereocenters. The van der Waals surface area contributed by atoms with Crippen molar-refractivity contribution < 1.29 is 20.1 Å². The average Bonchev–Trinajstić information content (AvgIpc) is 1.94. The topological polar surface area (TPSA) is 102 Å². The molecule has 0 radical (unpaired) electrons. The van der Waals surface area contributed by atoms with Crippen LogP contribution in [0.4, 0.5) is 0 Å². The minimum absolute atomic E-state index is 0.144. The minimum atomic E-state index is -1.26. The van der Waals surface area contributed by atoms with Gasteiger partial charge in [-0.15, -0.1) is 0 Å². The fourth-order valence-electron chi connectivity index (χ4n) is 0.910. The summed E-state index contributed by atoms with van der Waals surface area (Å²) in [5.41, 5.74) is 4.79. The molecule has 1 aliphatic heterocycles. The summed E-state index contributed by atoms with van der Waals surface area (Å²) in [5.74, 6) is -1.19. The number of nitrogens with one attached hydrogen (secondary N) is 2. The van der Waals surface area contributed by atoms with E-state index in [0.717, 1.165) is 0 Å². The number of carbonyl (C=O) groups is 1. The lowest BCUT2D eigenvalue weighted by Crippen LogP contribution is -2.63. The van der Waals surface area contributed by atoms with Gasteiger partial charge in [0.2, 0.25) is 0 Å². The van der Waals surface area contributed by atoms with Crippen LogP contribution in [-0.4, -0.2) is 46.1 Å². The number of carboxylic acids is 1. The Labute approximate surface area is 62.8 Å². The van der Waals surface area contributed by atoms with E-state index in [9.17, 15) is 4.79 Å². The molecule has 0 aliphatic carbocycles. The number of aliphatic hydroxyl groups excluding tert-OH is 2. The summed E-state index contributed by atoms with van der Waals surface area (Å²) in [7, 11) is 0. The molecule has 11 heavy (non-hydrogen) atoms. The normalized spacial score (nSPS) is 38.5. The summed E-state index contributed by atoms with van der Waals surface area (Å²) < 4.78 is 0. The fraction of sp³-hybridized carbons (Fsp3) is 0.800. The highest BCUT2D eigenvalue weighted by molar-refractivity contribution is 5.74. The van der Waals surface area contributed by atoms with Crippen LogP contribution in [0.15, 0.2) is 0 Å². The first-order chi connectivity index (χ1) is 5.13. The SMILES string of the molecule is O=C(O)C1NNCC(O)C1O. The lowest BCUT2D eigenvalue weighted by Gasteiger charge is -2.30. The van der Waals surface area contributed by atoms with Crippen LogP contribution in [0, 0.1) is 0 Å². The maximum Gasteiger partial charge on any atom is 0.324 e. The number of aliphatic carboxylic acids is 1. The zero-order chi connectivity index (χ0) is 8.43. The van der Waals surface area contributed by atoms with E-state index in [0.29, 0.717) is 0 Å². The first-order valence-electron chi connectivity index (χ1n) is 3.20. The molecule has 1 aliphatic rings. The molecule has 1 fully saturated rings. The van der Waals surface area contributed by atoms with E-state index < -0.39 is 24.2 Å². The van der Waals surface area contributed by atoms with Crippen molar-refractivity contribution in [1.29, 1.82) is 0 Å². The average molecular weight is 162 g/mol. The van der Waals surface area contributed by atoms with E-state index in [1.54, 1.807) is 0 Å². The van der Waals surface area contributed by atoms with Crippen molar-refractivity contribution in [3.8, 4) is 0 Å². The smallest absolute Gasteiger partial charge is 0.324 e. The molecule has 0 aromatic carbocycles. The number of aliphatic hydroxyl groups is 2. The molecule has 6 nitrogen and oxygen atoms in total. The fourth-order valence-corrected chi connectivity index (χ4v) is 0.910. The molecule has 0 aromatic rings. The van der Waals surface area contributed by atoms with Gasteiger partial charge in [0.1, 0.15) is 12.1 Å². The summed E-state index contributed by atoms with van der Waals surface area (Å²) in [6.07, 6.45) is -2.29. The number of β-amino-alcohol motifs (C(OH)–C–C–N with tert-alkyl or cyclic N) is 1. The molecule has 1 heterocycles. The Balaban J connectivity index is 2.58. The van der Waals surface area contributed by atoms with Crippen LogP contribution < -0.4 is 10.9 Å². The van der Waals surface area contributed by atoms with Crippen LogP contribution in [-0.2, 0) is 4.79 Å². The van der Waals surface area contributed by atoms with Crippen molar-refractivity contribution in [2.45, 2.75) is 18.2 Å². The quantitative estimate of drug-likeness (QED) is 0.287. The number of carboxylic acid groups (broad SMARTS) is 1. The Morgan fingerprint density at radius 1 is 1.45 bits per heavy atom. The van der Waals surface area contributed by atoms with Gasteiger partial charge in [0, 0.05) is 6.54 Å². The van der Waals surface area contributed by atoms with Crippen molar-refractivity contribution >= 4 is 5.97 Å². The summed E-state index contributed by atoms with van der Waals surface area (Å²) in [6.45, 7) is 0.144. The van der Waals surface area contributed by atoms with Crippen molar-refractivity contribution in [1.82, 2.24) is 10.9 Å². The third-order valence-corrected chi connectivity index (χ3v) is 1.57. The summed E-state index contributed by atoms with van der Waals surface area (Å²) in [4.78, 5) is 10.3. The van der Waals surface area contributed by atoms with Crippen LogP contribution in [0.3, 0.4) is 0 Å². The Bertz CT molecular complexity index is 163. The van der Waals surface area contributed by atoms with Gasteiger partial charge in [0.15, 0.2) is 0 Å². The number of hydrogen-bond acceptors (Lipinski definition) is 5. The monoisotopic (exact) mass is 162 g/mol. The molecular formula is C5H10N2O4. The standard InChI is InChI=1S/C5H10N2O4/c8-2-1-6-7-3(4(2)9)5(10)11/h2-4,6-9H,1H2,(H,10,11). The first-order valence-corrected chi connectivity index (χ1v) is 3.20. The highest BCUT2D eigenvalue weighted by Crippen LogP contribution is 2.02. The van der Waals surface area contributed by atoms with E-state index in [2.05, 4.69) is 10.9 Å². The molecule has 0 amide bonds. The summed E-state index contributed by atoms with van der Waals surface area (Å²) >= 11 is 0. The Morgan fingerprint density at radius 3 is 2.55 bits per heavy atom. The molecular weight excluding hydrogens is 152 g/mol. The highest BCUT2D eigenvalue weighted by atomic mass is 16.4. The van der Waals surface area contributed by atoms with Crippen LogP contribution in [0.25, 0.3) is 0 Å². The number of hydrazine groups is 1. The van der Waals surface area contributed by atoms with Crippen LogP contribution in [0.1, 0.15) is 0 Å². The molecule has 0 saturated carbocycles. The molecule has 0 spiro atoms. The van der Waals surface area contributed by atoms with Crippen LogP contribution in [0.5, 0.6) is 0 Å². The summed E-state index contributed by atoms with van der Waals surface area (Å²) in [5, 5.41) is 26.5. The second-order valence-corrected chi connectivity index (χ2v) is 2.40. The van der Waals surface area contributed by atoms with Crippen molar-refractivity contribution in [2.75, 3.05) is 6.54 Å². The molecule has 1 rings (SSSR count). The predicted octanol–water partition coefficient (Wildman–Crippen LogP) is -2.73. The highest BCUT2D eigenvalue weighted by Gasteiger charge is 2.34. The zero-order valence-electron chi connectivity index (χ0n) is 5.69. The van der Waals surface area contributed by atoms with E-state index in [1.807, 2.05) is 0 Å². The van der Waals surface area contributed by atoms with Crippen molar-refractivity contribution in [3.05, 3.63) is 0 Å². The Morgan fingerprint density at radius 2 is 2.09 bits per heavy atom.